The largest absolute Gasteiger partial charge is 0.493 e. The van der Waals surface area contributed by atoms with Crippen LogP contribution in [0.4, 0.5) is 4.39 Å². The highest BCUT2D eigenvalue weighted by atomic mass is 79.9. The molecule has 1 aromatic heterocycles. The minimum Gasteiger partial charge on any atom is -0.493 e. The molecule has 2 aromatic rings. The number of aliphatic hydroxyl groups excluding tert-OH is 1. The summed E-state index contributed by atoms with van der Waals surface area (Å²) in [4.78, 5) is 0. The van der Waals surface area contributed by atoms with Gasteiger partial charge in [0.2, 0.25) is 0 Å². The molecule has 0 amide bonds. The normalized spacial score (nSPS) is 12.5. The van der Waals surface area contributed by atoms with Crippen LogP contribution in [0.2, 0.25) is 0 Å². The van der Waals surface area contributed by atoms with Crippen molar-refractivity contribution >= 4 is 15.9 Å². The van der Waals surface area contributed by atoms with Gasteiger partial charge in [-0.05, 0) is 23.8 Å². The van der Waals surface area contributed by atoms with Gasteiger partial charge in [-0.25, -0.2) is 4.39 Å². The third-order valence-electron chi connectivity index (χ3n) is 2.63. The zero-order valence-corrected chi connectivity index (χ0v) is 11.5. The molecule has 1 N–H and O–H groups in total. The van der Waals surface area contributed by atoms with Crippen LogP contribution in [0.25, 0.3) is 0 Å². The molecule has 0 saturated carbocycles. The van der Waals surface area contributed by atoms with E-state index in [4.69, 9.17) is 4.74 Å². The monoisotopic (exact) mass is 314 g/mol. The summed E-state index contributed by atoms with van der Waals surface area (Å²) in [6.07, 6.45) is 0.506. The number of hydrogen-bond donors (Lipinski definition) is 1. The molecule has 0 spiro atoms. The van der Waals surface area contributed by atoms with E-state index in [2.05, 4.69) is 21.0 Å². The highest BCUT2D eigenvalue weighted by Crippen LogP contribution is 2.30. The maximum atomic E-state index is 13.3. The first-order chi connectivity index (χ1) is 8.52. The fourth-order valence-corrected chi connectivity index (χ4v) is 2.27. The average molecular weight is 315 g/mol. The van der Waals surface area contributed by atoms with Gasteiger partial charge in [0, 0.05) is 11.5 Å². The molecule has 1 atom stereocenters. The van der Waals surface area contributed by atoms with Gasteiger partial charge in [-0.15, -0.1) is 0 Å². The fourth-order valence-electron chi connectivity index (χ4n) is 1.79. The van der Waals surface area contributed by atoms with Crippen molar-refractivity contribution in [2.24, 2.45) is 7.05 Å². The van der Waals surface area contributed by atoms with Crippen LogP contribution in [0, 0.1) is 5.82 Å². The van der Waals surface area contributed by atoms with E-state index in [0.717, 1.165) is 0 Å². The molecule has 0 radical (unpaired) electrons. The maximum Gasteiger partial charge on any atom is 0.162 e. The minimum atomic E-state index is -1.00. The number of hydrogen-bond acceptors (Lipinski definition) is 3. The fraction of sp³-hybridized carbons (Fsp3) is 0.250. The molecule has 0 aliphatic heterocycles. The molecule has 1 heterocycles. The van der Waals surface area contributed by atoms with Crippen molar-refractivity contribution in [3.05, 3.63) is 45.9 Å². The van der Waals surface area contributed by atoms with Crippen LogP contribution < -0.4 is 4.74 Å². The number of methoxy groups -OCH3 is 1. The molecule has 0 bridgehead atoms. The Morgan fingerprint density at radius 1 is 1.44 bits per heavy atom. The molecule has 6 heteroatoms. The van der Waals surface area contributed by atoms with Gasteiger partial charge >= 0.3 is 0 Å². The van der Waals surface area contributed by atoms with Crippen molar-refractivity contribution in [2.45, 2.75) is 6.10 Å². The van der Waals surface area contributed by atoms with E-state index in [1.54, 1.807) is 13.1 Å². The lowest BCUT2D eigenvalue weighted by molar-refractivity contribution is 0.204. The first kappa shape index (κ1) is 13.0. The third kappa shape index (κ3) is 2.39. The zero-order valence-electron chi connectivity index (χ0n) is 9.89. The quantitative estimate of drug-likeness (QED) is 0.946. The van der Waals surface area contributed by atoms with Crippen LogP contribution in [-0.4, -0.2) is 22.0 Å². The Balaban J connectivity index is 2.47. The van der Waals surface area contributed by atoms with Gasteiger partial charge in [0.1, 0.15) is 17.6 Å². The number of aliphatic hydroxyl groups is 1. The Morgan fingerprint density at radius 2 is 2.17 bits per heavy atom. The van der Waals surface area contributed by atoms with E-state index in [0.29, 0.717) is 21.5 Å². The molecular formula is C12H12BrFN2O2. The van der Waals surface area contributed by atoms with Crippen LogP contribution in [0.15, 0.2) is 28.9 Å². The van der Waals surface area contributed by atoms with Crippen molar-refractivity contribution in [3.63, 3.8) is 0 Å². The van der Waals surface area contributed by atoms with Gasteiger partial charge in [-0.2, -0.15) is 5.10 Å². The van der Waals surface area contributed by atoms with Crippen molar-refractivity contribution in [1.82, 2.24) is 9.78 Å². The van der Waals surface area contributed by atoms with E-state index in [9.17, 15) is 9.50 Å². The Bertz CT molecular complexity index is 551. The molecule has 0 saturated heterocycles. The molecule has 96 valence electrons. The van der Waals surface area contributed by atoms with Crippen molar-refractivity contribution in [2.75, 3.05) is 7.11 Å². The summed E-state index contributed by atoms with van der Waals surface area (Å²) in [5, 5.41) is 14.3. The second-order valence-corrected chi connectivity index (χ2v) is 4.74. The summed E-state index contributed by atoms with van der Waals surface area (Å²) in [5.41, 5.74) is 0.916. The topological polar surface area (TPSA) is 47.3 Å². The van der Waals surface area contributed by atoms with E-state index < -0.39 is 11.9 Å². The van der Waals surface area contributed by atoms with E-state index in [1.807, 2.05) is 0 Å². The summed E-state index contributed by atoms with van der Waals surface area (Å²) in [6, 6.07) is 4.26. The standard InChI is InChI=1S/C12H12BrFN2O2/c1-16-11(10(18-2)6-15-16)12(17)7-3-8(13)5-9(14)4-7/h3-6,12,17H,1-2H3. The SMILES string of the molecule is COc1cnn(C)c1C(O)c1cc(F)cc(Br)c1. The smallest absolute Gasteiger partial charge is 0.162 e. The second-order valence-electron chi connectivity index (χ2n) is 3.83. The molecule has 0 aliphatic carbocycles. The molecular weight excluding hydrogens is 303 g/mol. The third-order valence-corrected chi connectivity index (χ3v) is 3.09. The van der Waals surface area contributed by atoms with E-state index in [-0.39, 0.29) is 0 Å². The number of ether oxygens (including phenoxy) is 1. The minimum absolute atomic E-state index is 0.417. The molecule has 1 unspecified atom stereocenters. The predicted octanol–water partition coefficient (Wildman–Crippen LogP) is 2.41. The van der Waals surface area contributed by atoms with Crippen LogP contribution in [0.3, 0.4) is 0 Å². The first-order valence-corrected chi connectivity index (χ1v) is 6.02. The van der Waals surface area contributed by atoms with Gasteiger partial charge in [0.05, 0.1) is 13.3 Å². The summed E-state index contributed by atoms with van der Waals surface area (Å²) in [7, 11) is 3.18. The highest BCUT2D eigenvalue weighted by Gasteiger charge is 2.20. The number of rotatable bonds is 3. The lowest BCUT2D eigenvalue weighted by Crippen LogP contribution is -2.08. The van der Waals surface area contributed by atoms with Crippen LogP contribution in [0.5, 0.6) is 5.75 Å². The van der Waals surface area contributed by atoms with E-state index >= 15 is 0 Å². The van der Waals surface area contributed by atoms with Gasteiger partial charge < -0.3 is 9.84 Å². The predicted molar refractivity (Wildman–Crippen MR) is 67.9 cm³/mol. The van der Waals surface area contributed by atoms with Gasteiger partial charge in [0.25, 0.3) is 0 Å². The van der Waals surface area contributed by atoms with Crippen LogP contribution >= 0.6 is 15.9 Å². The van der Waals surface area contributed by atoms with Crippen LogP contribution in [0.1, 0.15) is 17.4 Å². The average Bonchev–Trinajstić information content (AvgIpc) is 2.68. The van der Waals surface area contributed by atoms with Gasteiger partial charge in [-0.1, -0.05) is 15.9 Å². The lowest BCUT2D eigenvalue weighted by atomic mass is 10.1. The molecule has 0 fully saturated rings. The number of benzene rings is 1. The van der Waals surface area contributed by atoms with Gasteiger partial charge in [-0.3, -0.25) is 4.68 Å². The first-order valence-electron chi connectivity index (χ1n) is 5.23. The molecule has 0 aliphatic rings. The number of nitrogens with zero attached hydrogens (tertiary/aromatic N) is 2. The Morgan fingerprint density at radius 3 is 2.78 bits per heavy atom. The maximum absolute atomic E-state index is 13.3. The molecule has 1 aromatic carbocycles. The molecule has 4 nitrogen and oxygen atoms in total. The molecule has 2 rings (SSSR count). The van der Waals surface area contributed by atoms with Crippen molar-refractivity contribution < 1.29 is 14.2 Å². The second kappa shape index (κ2) is 5.07. The summed E-state index contributed by atoms with van der Waals surface area (Å²) >= 11 is 3.19. The van der Waals surface area contributed by atoms with Gasteiger partial charge in [0.15, 0.2) is 5.75 Å². The Kier molecular flexibility index (Phi) is 3.68. The Labute approximate surface area is 112 Å². The Hall–Kier alpha value is -1.40. The van der Waals surface area contributed by atoms with Crippen molar-refractivity contribution in [3.8, 4) is 5.75 Å². The van der Waals surface area contributed by atoms with E-state index in [1.165, 1.54) is 30.1 Å². The lowest BCUT2D eigenvalue weighted by Gasteiger charge is -2.13. The summed E-state index contributed by atoms with van der Waals surface area (Å²) in [5.74, 6) is 0.0462. The zero-order chi connectivity index (χ0) is 13.3. The summed E-state index contributed by atoms with van der Waals surface area (Å²) in [6.45, 7) is 0. The number of halogens is 2. The highest BCUT2D eigenvalue weighted by molar-refractivity contribution is 9.10. The van der Waals surface area contributed by atoms with Crippen molar-refractivity contribution in [1.29, 1.82) is 0 Å². The summed E-state index contributed by atoms with van der Waals surface area (Å²) < 4.78 is 20.5. The number of aryl methyl sites for hydroxylation is 1. The number of aromatic nitrogens is 2. The molecule has 18 heavy (non-hydrogen) atoms. The van der Waals surface area contributed by atoms with Crippen LogP contribution in [-0.2, 0) is 7.05 Å².